The van der Waals surface area contributed by atoms with E-state index in [4.69, 9.17) is 0 Å². The molecule has 4 heteroatoms. The van der Waals surface area contributed by atoms with Crippen molar-refractivity contribution in [1.29, 1.82) is 0 Å². The van der Waals surface area contributed by atoms with E-state index in [9.17, 15) is 0 Å². The summed E-state index contributed by atoms with van der Waals surface area (Å²) in [7, 11) is 0. The molecule has 0 aliphatic heterocycles. The number of aromatic nitrogens is 1. The summed E-state index contributed by atoms with van der Waals surface area (Å²) in [6, 6.07) is 6.42. The van der Waals surface area contributed by atoms with E-state index in [1.165, 1.54) is 16.0 Å². The van der Waals surface area contributed by atoms with Gasteiger partial charge in [-0.3, -0.25) is 0 Å². The van der Waals surface area contributed by atoms with Crippen LogP contribution in [0.2, 0.25) is 0 Å². The molecule has 2 nitrogen and oxygen atoms in total. The van der Waals surface area contributed by atoms with E-state index < -0.39 is 0 Å². The molecule has 0 amide bonds. The lowest BCUT2D eigenvalue weighted by Gasteiger charge is -2.01. The molecule has 0 radical (unpaired) electrons. The lowest BCUT2D eigenvalue weighted by molar-refractivity contribution is 0.678. The van der Waals surface area contributed by atoms with Crippen LogP contribution in [0.3, 0.4) is 0 Å². The molecule has 1 aromatic carbocycles. The Kier molecular flexibility index (Phi) is 5.13. The maximum atomic E-state index is 4.69. The van der Waals surface area contributed by atoms with Crippen LogP contribution in [0.1, 0.15) is 29.5 Å². The molecule has 0 saturated carbocycles. The van der Waals surface area contributed by atoms with E-state index in [1.54, 1.807) is 11.3 Å². The highest BCUT2D eigenvalue weighted by Crippen LogP contribution is 2.30. The Morgan fingerprint density at radius 2 is 2.11 bits per heavy atom. The van der Waals surface area contributed by atoms with E-state index in [0.29, 0.717) is 0 Å². The fourth-order valence-electron chi connectivity index (χ4n) is 1.82. The van der Waals surface area contributed by atoms with Crippen LogP contribution in [-0.4, -0.2) is 11.5 Å². The molecule has 0 bridgehead atoms. The number of halogens is 1. The topological polar surface area (TPSA) is 24.9 Å². The third-order valence-corrected chi connectivity index (χ3v) is 5.08. The number of thiazole rings is 1. The molecular weight excluding hydrogens is 320 g/mol. The maximum Gasteiger partial charge on any atom is 0.123 e. The summed E-state index contributed by atoms with van der Waals surface area (Å²) in [5.41, 5.74) is 3.58. The van der Waals surface area contributed by atoms with Crippen LogP contribution < -0.4 is 5.32 Å². The fourth-order valence-corrected chi connectivity index (χ4v) is 3.23. The van der Waals surface area contributed by atoms with Gasteiger partial charge in [0.15, 0.2) is 0 Å². The van der Waals surface area contributed by atoms with Crippen molar-refractivity contribution in [3.63, 3.8) is 0 Å². The molecule has 19 heavy (non-hydrogen) atoms. The number of aryl methyl sites for hydroxylation is 2. The first kappa shape index (κ1) is 14.7. The van der Waals surface area contributed by atoms with E-state index in [2.05, 4.69) is 65.2 Å². The van der Waals surface area contributed by atoms with E-state index in [-0.39, 0.29) is 0 Å². The maximum absolute atomic E-state index is 4.69. The molecule has 0 aliphatic carbocycles. The predicted molar refractivity (Wildman–Crippen MR) is 86.7 cm³/mol. The molecule has 0 unspecified atom stereocenters. The second-order valence-electron chi connectivity index (χ2n) is 4.67. The summed E-state index contributed by atoms with van der Waals surface area (Å²) < 4.78 is 1.14. The highest BCUT2D eigenvalue weighted by atomic mass is 79.9. The molecule has 0 aliphatic rings. The Bertz CT molecular complexity index is 563. The Morgan fingerprint density at radius 1 is 1.32 bits per heavy atom. The SMILES string of the molecule is CCCNCc1sc(-c2ccc(C)c(Br)c2)nc1C. The Morgan fingerprint density at radius 3 is 2.79 bits per heavy atom. The first-order valence-corrected chi connectivity index (χ1v) is 8.16. The minimum atomic E-state index is 0.921. The van der Waals surface area contributed by atoms with Crippen molar-refractivity contribution in [2.75, 3.05) is 6.54 Å². The first-order chi connectivity index (χ1) is 9.11. The summed E-state index contributed by atoms with van der Waals surface area (Å²) in [5, 5.41) is 4.54. The van der Waals surface area contributed by atoms with Gasteiger partial charge in [0.2, 0.25) is 0 Å². The van der Waals surface area contributed by atoms with Crippen LogP contribution >= 0.6 is 27.3 Å². The molecule has 1 aromatic heterocycles. The molecule has 0 spiro atoms. The number of nitrogens with zero attached hydrogens (tertiary/aromatic N) is 1. The molecule has 1 heterocycles. The Hall–Kier alpha value is -0.710. The number of benzene rings is 1. The third kappa shape index (κ3) is 3.65. The Labute approximate surface area is 127 Å². The smallest absolute Gasteiger partial charge is 0.123 e. The largest absolute Gasteiger partial charge is 0.312 e. The summed E-state index contributed by atoms with van der Waals surface area (Å²) in [5.74, 6) is 0. The highest BCUT2D eigenvalue weighted by Gasteiger charge is 2.09. The van der Waals surface area contributed by atoms with Crippen LogP contribution in [-0.2, 0) is 6.54 Å². The van der Waals surface area contributed by atoms with Gasteiger partial charge in [0.1, 0.15) is 5.01 Å². The highest BCUT2D eigenvalue weighted by molar-refractivity contribution is 9.10. The van der Waals surface area contributed by atoms with Crippen LogP contribution in [0.4, 0.5) is 0 Å². The molecule has 0 fully saturated rings. The standard InChI is InChI=1S/C15H19BrN2S/c1-4-7-17-9-14-11(3)18-15(19-14)12-6-5-10(2)13(16)8-12/h5-6,8,17H,4,7,9H2,1-3H3. The number of hydrogen-bond acceptors (Lipinski definition) is 3. The average molecular weight is 339 g/mol. The molecule has 0 saturated heterocycles. The lowest BCUT2D eigenvalue weighted by Crippen LogP contribution is -2.13. The minimum absolute atomic E-state index is 0.921. The monoisotopic (exact) mass is 338 g/mol. The van der Waals surface area contributed by atoms with Gasteiger partial charge in [-0.05, 0) is 38.4 Å². The molecule has 102 valence electrons. The predicted octanol–water partition coefficient (Wildman–Crippen LogP) is 4.69. The normalized spacial score (nSPS) is 10.9. The van der Waals surface area contributed by atoms with Gasteiger partial charge in [-0.2, -0.15) is 0 Å². The first-order valence-electron chi connectivity index (χ1n) is 6.55. The van der Waals surface area contributed by atoms with Crippen LogP contribution in [0.5, 0.6) is 0 Å². The summed E-state index contributed by atoms with van der Waals surface area (Å²) in [6.45, 7) is 8.35. The molecule has 1 N–H and O–H groups in total. The van der Waals surface area contributed by atoms with E-state index >= 15 is 0 Å². The van der Waals surface area contributed by atoms with Crippen LogP contribution in [0.25, 0.3) is 10.6 Å². The number of rotatable bonds is 5. The zero-order chi connectivity index (χ0) is 13.8. The molecular formula is C15H19BrN2S. The van der Waals surface area contributed by atoms with Crippen molar-refractivity contribution in [2.24, 2.45) is 0 Å². The molecule has 2 aromatic rings. The molecule has 2 rings (SSSR count). The Balaban J connectivity index is 2.21. The van der Waals surface area contributed by atoms with Gasteiger partial charge in [0, 0.05) is 21.5 Å². The zero-order valence-corrected chi connectivity index (χ0v) is 14.0. The van der Waals surface area contributed by atoms with E-state index in [0.717, 1.165) is 34.7 Å². The average Bonchev–Trinajstić information content (AvgIpc) is 2.75. The summed E-state index contributed by atoms with van der Waals surface area (Å²) in [4.78, 5) is 6.02. The van der Waals surface area contributed by atoms with Crippen molar-refractivity contribution < 1.29 is 0 Å². The van der Waals surface area contributed by atoms with Gasteiger partial charge in [-0.15, -0.1) is 11.3 Å². The van der Waals surface area contributed by atoms with Crippen LogP contribution in [0.15, 0.2) is 22.7 Å². The van der Waals surface area contributed by atoms with Gasteiger partial charge >= 0.3 is 0 Å². The van der Waals surface area contributed by atoms with Crippen LogP contribution in [0, 0.1) is 13.8 Å². The number of nitrogens with one attached hydrogen (secondary N) is 1. The van der Waals surface area contributed by atoms with Crippen molar-refractivity contribution in [1.82, 2.24) is 10.3 Å². The van der Waals surface area contributed by atoms with Crippen molar-refractivity contribution >= 4 is 27.3 Å². The van der Waals surface area contributed by atoms with Gasteiger partial charge in [-0.1, -0.05) is 35.0 Å². The second-order valence-corrected chi connectivity index (χ2v) is 6.61. The second kappa shape index (κ2) is 6.64. The van der Waals surface area contributed by atoms with E-state index in [1.807, 2.05) is 0 Å². The minimum Gasteiger partial charge on any atom is -0.312 e. The van der Waals surface area contributed by atoms with Gasteiger partial charge < -0.3 is 5.32 Å². The molecule has 0 atom stereocenters. The van der Waals surface area contributed by atoms with Crippen molar-refractivity contribution in [3.05, 3.63) is 38.8 Å². The lowest BCUT2D eigenvalue weighted by atomic mass is 10.2. The summed E-state index contributed by atoms with van der Waals surface area (Å²) >= 11 is 5.37. The number of hydrogen-bond donors (Lipinski definition) is 1. The van der Waals surface area contributed by atoms with Gasteiger partial charge in [-0.25, -0.2) is 4.98 Å². The van der Waals surface area contributed by atoms with Crippen molar-refractivity contribution in [2.45, 2.75) is 33.7 Å². The zero-order valence-electron chi connectivity index (χ0n) is 11.6. The quantitative estimate of drug-likeness (QED) is 0.800. The fraction of sp³-hybridized carbons (Fsp3) is 0.400. The van der Waals surface area contributed by atoms with Gasteiger partial charge in [0.25, 0.3) is 0 Å². The van der Waals surface area contributed by atoms with Gasteiger partial charge in [0.05, 0.1) is 5.69 Å². The third-order valence-electron chi connectivity index (χ3n) is 3.02. The van der Waals surface area contributed by atoms with Crippen molar-refractivity contribution in [3.8, 4) is 10.6 Å². The summed E-state index contributed by atoms with van der Waals surface area (Å²) in [6.07, 6.45) is 1.16.